The van der Waals surface area contributed by atoms with Crippen molar-refractivity contribution in [3.05, 3.63) is 60.7 Å². The predicted molar refractivity (Wildman–Crippen MR) is 87.2 cm³/mol. The van der Waals surface area contributed by atoms with Crippen molar-refractivity contribution in [2.45, 2.75) is 13.1 Å². The van der Waals surface area contributed by atoms with Crippen LogP contribution in [0.5, 0.6) is 0 Å². The van der Waals surface area contributed by atoms with Crippen molar-refractivity contribution < 1.29 is 0 Å². The number of benzene rings is 1. The lowest BCUT2D eigenvalue weighted by atomic mass is 10.2. The molecular formula is C14H11Cl2N3OS. The summed E-state index contributed by atoms with van der Waals surface area (Å²) in [5, 5.41) is 4.32. The maximum Gasteiger partial charge on any atom is 0.258 e. The Balaban J connectivity index is 1.76. The lowest BCUT2D eigenvalue weighted by Gasteiger charge is -2.04. The van der Waals surface area contributed by atoms with Gasteiger partial charge in [-0.05, 0) is 30.3 Å². The molecule has 7 heteroatoms. The van der Waals surface area contributed by atoms with Crippen molar-refractivity contribution in [3.63, 3.8) is 0 Å². The van der Waals surface area contributed by atoms with Crippen LogP contribution in [0, 0.1) is 0 Å². The molecule has 0 aliphatic carbocycles. The van der Waals surface area contributed by atoms with Crippen LogP contribution < -0.4 is 10.9 Å². The van der Waals surface area contributed by atoms with E-state index in [-0.39, 0.29) is 5.56 Å². The lowest BCUT2D eigenvalue weighted by Crippen LogP contribution is -2.19. The van der Waals surface area contributed by atoms with E-state index in [9.17, 15) is 4.79 Å². The monoisotopic (exact) mass is 339 g/mol. The Labute approximate surface area is 134 Å². The largest absolute Gasteiger partial charge is 0.309 e. The van der Waals surface area contributed by atoms with E-state index in [1.807, 2.05) is 12.1 Å². The zero-order valence-corrected chi connectivity index (χ0v) is 13.1. The number of thiophene rings is 1. The van der Waals surface area contributed by atoms with Crippen LogP contribution in [0.2, 0.25) is 9.36 Å². The molecule has 0 bridgehead atoms. The summed E-state index contributed by atoms with van der Waals surface area (Å²) in [6.07, 6.45) is 0. The van der Waals surface area contributed by atoms with E-state index >= 15 is 0 Å². The number of hydrogen-bond donors (Lipinski definition) is 2. The number of rotatable bonds is 4. The first-order valence-corrected chi connectivity index (χ1v) is 7.82. The van der Waals surface area contributed by atoms with Crippen LogP contribution in [-0.2, 0) is 13.1 Å². The van der Waals surface area contributed by atoms with Gasteiger partial charge in [-0.15, -0.1) is 11.3 Å². The third kappa shape index (κ3) is 3.44. The van der Waals surface area contributed by atoms with Gasteiger partial charge in [0.15, 0.2) is 0 Å². The smallest absolute Gasteiger partial charge is 0.258 e. The molecule has 2 N–H and O–H groups in total. The molecule has 0 amide bonds. The standard InChI is InChI=1S/C14H11Cl2N3OS/c15-8-1-3-10-11(5-8)18-13(19-14(10)20)7-17-6-9-2-4-12(16)21-9/h1-5,17H,6-7H2,(H,18,19,20). The van der Waals surface area contributed by atoms with Crippen molar-refractivity contribution in [3.8, 4) is 0 Å². The molecule has 0 aliphatic rings. The Morgan fingerprint density at radius 3 is 2.81 bits per heavy atom. The second kappa shape index (κ2) is 6.15. The number of hydrogen-bond acceptors (Lipinski definition) is 4. The van der Waals surface area contributed by atoms with Gasteiger partial charge in [-0.3, -0.25) is 4.79 Å². The molecule has 108 valence electrons. The number of aromatic nitrogens is 2. The van der Waals surface area contributed by atoms with E-state index in [2.05, 4.69) is 15.3 Å². The molecule has 0 fully saturated rings. The molecule has 0 radical (unpaired) electrons. The fourth-order valence-electron chi connectivity index (χ4n) is 2.00. The van der Waals surface area contributed by atoms with Gasteiger partial charge in [-0.1, -0.05) is 23.2 Å². The Kier molecular flexibility index (Phi) is 4.26. The second-order valence-electron chi connectivity index (χ2n) is 4.48. The summed E-state index contributed by atoms with van der Waals surface area (Å²) in [6, 6.07) is 8.88. The summed E-state index contributed by atoms with van der Waals surface area (Å²) in [4.78, 5) is 20.3. The number of halogens is 2. The summed E-state index contributed by atoms with van der Waals surface area (Å²) in [5.74, 6) is 0.581. The van der Waals surface area contributed by atoms with Crippen LogP contribution in [0.3, 0.4) is 0 Å². The van der Waals surface area contributed by atoms with Crippen LogP contribution in [0.4, 0.5) is 0 Å². The van der Waals surface area contributed by atoms with E-state index in [0.29, 0.717) is 34.8 Å². The summed E-state index contributed by atoms with van der Waals surface area (Å²) >= 11 is 13.3. The first kappa shape index (κ1) is 14.5. The first-order chi connectivity index (χ1) is 10.1. The van der Waals surface area contributed by atoms with Crippen molar-refractivity contribution in [1.82, 2.24) is 15.3 Å². The maximum atomic E-state index is 12.0. The van der Waals surface area contributed by atoms with E-state index in [0.717, 1.165) is 9.21 Å². The Morgan fingerprint density at radius 2 is 2.05 bits per heavy atom. The van der Waals surface area contributed by atoms with Crippen molar-refractivity contribution >= 4 is 45.4 Å². The summed E-state index contributed by atoms with van der Waals surface area (Å²) in [7, 11) is 0. The molecule has 0 spiro atoms. The molecule has 2 aromatic heterocycles. The zero-order chi connectivity index (χ0) is 14.8. The highest BCUT2D eigenvalue weighted by Gasteiger charge is 2.05. The number of nitrogens with one attached hydrogen (secondary N) is 2. The van der Waals surface area contributed by atoms with Crippen molar-refractivity contribution in [2.24, 2.45) is 0 Å². The number of nitrogens with zero attached hydrogens (tertiary/aromatic N) is 1. The van der Waals surface area contributed by atoms with Gasteiger partial charge in [0.25, 0.3) is 5.56 Å². The van der Waals surface area contributed by atoms with Gasteiger partial charge in [-0.25, -0.2) is 4.98 Å². The van der Waals surface area contributed by atoms with E-state index in [4.69, 9.17) is 23.2 Å². The average Bonchev–Trinajstić information content (AvgIpc) is 2.84. The van der Waals surface area contributed by atoms with Gasteiger partial charge >= 0.3 is 0 Å². The number of fused-ring (bicyclic) bond motifs is 1. The van der Waals surface area contributed by atoms with Gasteiger partial charge < -0.3 is 10.3 Å². The third-order valence-electron chi connectivity index (χ3n) is 2.94. The minimum atomic E-state index is -0.160. The molecular weight excluding hydrogens is 329 g/mol. The second-order valence-corrected chi connectivity index (χ2v) is 6.72. The van der Waals surface area contributed by atoms with Gasteiger partial charge in [0.1, 0.15) is 5.82 Å². The zero-order valence-electron chi connectivity index (χ0n) is 10.8. The molecule has 1 aromatic carbocycles. The highest BCUT2D eigenvalue weighted by molar-refractivity contribution is 7.16. The molecule has 0 saturated carbocycles. The molecule has 4 nitrogen and oxygen atoms in total. The maximum absolute atomic E-state index is 12.0. The molecule has 2 heterocycles. The minimum absolute atomic E-state index is 0.160. The van der Waals surface area contributed by atoms with Gasteiger partial charge in [-0.2, -0.15) is 0 Å². The SMILES string of the molecule is O=c1[nH]c(CNCc2ccc(Cl)s2)nc2cc(Cl)ccc12. The fourth-order valence-corrected chi connectivity index (χ4v) is 3.22. The van der Waals surface area contributed by atoms with Gasteiger partial charge in [0.05, 0.1) is 21.8 Å². The van der Waals surface area contributed by atoms with Crippen LogP contribution in [0.25, 0.3) is 10.9 Å². The molecule has 3 rings (SSSR count). The molecule has 0 aliphatic heterocycles. The highest BCUT2D eigenvalue weighted by atomic mass is 35.5. The van der Waals surface area contributed by atoms with E-state index in [1.165, 1.54) is 11.3 Å². The van der Waals surface area contributed by atoms with Gasteiger partial charge in [0, 0.05) is 16.4 Å². The average molecular weight is 340 g/mol. The summed E-state index contributed by atoms with van der Waals surface area (Å²) in [6.45, 7) is 1.14. The number of H-pyrrole nitrogens is 1. The molecule has 0 unspecified atom stereocenters. The highest BCUT2D eigenvalue weighted by Crippen LogP contribution is 2.21. The molecule has 0 atom stereocenters. The molecule has 21 heavy (non-hydrogen) atoms. The Bertz CT molecular complexity index is 844. The predicted octanol–water partition coefficient (Wildman–Crippen LogP) is 3.58. The van der Waals surface area contributed by atoms with E-state index in [1.54, 1.807) is 18.2 Å². The lowest BCUT2D eigenvalue weighted by molar-refractivity contribution is 0.669. The van der Waals surface area contributed by atoms with E-state index < -0.39 is 0 Å². The first-order valence-electron chi connectivity index (χ1n) is 6.25. The Morgan fingerprint density at radius 1 is 1.19 bits per heavy atom. The molecule has 0 saturated heterocycles. The third-order valence-corrected chi connectivity index (χ3v) is 4.40. The van der Waals surface area contributed by atoms with Crippen LogP contribution in [0.1, 0.15) is 10.7 Å². The fraction of sp³-hybridized carbons (Fsp3) is 0.143. The topological polar surface area (TPSA) is 57.8 Å². The minimum Gasteiger partial charge on any atom is -0.309 e. The Hall–Kier alpha value is -1.40. The quantitative estimate of drug-likeness (QED) is 0.763. The van der Waals surface area contributed by atoms with Crippen LogP contribution >= 0.6 is 34.5 Å². The van der Waals surface area contributed by atoms with Gasteiger partial charge in [0.2, 0.25) is 0 Å². The normalized spacial score (nSPS) is 11.1. The van der Waals surface area contributed by atoms with Crippen molar-refractivity contribution in [2.75, 3.05) is 0 Å². The van der Waals surface area contributed by atoms with Crippen molar-refractivity contribution in [1.29, 1.82) is 0 Å². The summed E-state index contributed by atoms with van der Waals surface area (Å²) < 4.78 is 0.763. The molecule has 3 aromatic rings. The summed E-state index contributed by atoms with van der Waals surface area (Å²) in [5.41, 5.74) is 0.440. The van der Waals surface area contributed by atoms with Crippen LogP contribution in [-0.4, -0.2) is 9.97 Å². The number of aromatic amines is 1. The van der Waals surface area contributed by atoms with Crippen LogP contribution in [0.15, 0.2) is 35.1 Å².